The molecule has 2 aliphatic heterocycles. The van der Waals surface area contributed by atoms with Crippen LogP contribution in [-0.2, 0) is 22.1 Å². The van der Waals surface area contributed by atoms with E-state index in [4.69, 9.17) is 9.47 Å². The maximum absolute atomic E-state index is 6.25. The summed E-state index contributed by atoms with van der Waals surface area (Å²) in [4.78, 5) is 6.83. The van der Waals surface area contributed by atoms with E-state index in [9.17, 15) is 0 Å². The van der Waals surface area contributed by atoms with Crippen molar-refractivity contribution >= 4 is 22.7 Å². The highest BCUT2D eigenvalue weighted by atomic mass is 16.5. The molecule has 2 atom stereocenters. The molecule has 3 aromatic carbocycles. The molecule has 0 saturated carbocycles. The van der Waals surface area contributed by atoms with Gasteiger partial charge in [-0.2, -0.15) is 4.58 Å². The number of rotatable bonds is 13. The first kappa shape index (κ1) is 34.2. The number of methoxy groups -OCH3 is 1. The molecule has 3 heterocycles. The van der Waals surface area contributed by atoms with Crippen LogP contribution in [0.5, 0.6) is 5.75 Å². The van der Waals surface area contributed by atoms with E-state index < -0.39 is 0 Å². The molecule has 51 heavy (non-hydrogen) atoms. The third-order valence-corrected chi connectivity index (χ3v) is 10.9. The average Bonchev–Trinajstić information content (AvgIpc) is 3.82. The zero-order valence-electron chi connectivity index (χ0n) is 30.3. The number of allylic oxidation sites excluding steroid dienone is 7. The lowest BCUT2D eigenvalue weighted by atomic mass is 9.74. The highest BCUT2D eigenvalue weighted by Gasteiger charge is 2.48. The number of fused-ring (bicyclic) bond motifs is 2. The largest absolute Gasteiger partial charge is 0.497 e. The topological polar surface area (TPSA) is 37.6 Å². The fraction of sp³-hybridized carbons (Fsp3) is 0.261. The number of pyridine rings is 1. The fourth-order valence-electron chi connectivity index (χ4n) is 8.16. The van der Waals surface area contributed by atoms with E-state index in [1.165, 1.54) is 45.0 Å². The Bertz CT molecular complexity index is 2050. The van der Waals surface area contributed by atoms with Crippen molar-refractivity contribution in [3.63, 3.8) is 0 Å². The Morgan fingerprint density at radius 3 is 2.47 bits per heavy atom. The van der Waals surface area contributed by atoms with Gasteiger partial charge in [-0.15, -0.1) is 6.58 Å². The summed E-state index contributed by atoms with van der Waals surface area (Å²) in [5, 5.41) is 0. The van der Waals surface area contributed by atoms with Crippen LogP contribution in [0.3, 0.4) is 0 Å². The lowest BCUT2D eigenvalue weighted by molar-refractivity contribution is -0.455. The van der Waals surface area contributed by atoms with E-state index in [2.05, 4.69) is 157 Å². The fourth-order valence-corrected chi connectivity index (χ4v) is 8.16. The number of hydrogen-bond acceptors (Lipinski definition) is 4. The molecule has 2 unspecified atom stereocenters. The first-order valence-electron chi connectivity index (χ1n) is 18.0. The van der Waals surface area contributed by atoms with Gasteiger partial charge in [-0.3, -0.25) is 4.98 Å². The minimum absolute atomic E-state index is 0.0628. The van der Waals surface area contributed by atoms with E-state index in [0.717, 1.165) is 37.1 Å². The van der Waals surface area contributed by atoms with Crippen LogP contribution < -0.4 is 9.64 Å². The number of aromatic nitrogens is 1. The third-order valence-electron chi connectivity index (χ3n) is 10.9. The van der Waals surface area contributed by atoms with Crippen LogP contribution >= 0.6 is 0 Å². The van der Waals surface area contributed by atoms with E-state index in [1.807, 2.05) is 24.5 Å². The van der Waals surface area contributed by atoms with Crippen molar-refractivity contribution < 1.29 is 14.0 Å². The lowest BCUT2D eigenvalue weighted by Gasteiger charge is -2.28. The van der Waals surface area contributed by atoms with Crippen molar-refractivity contribution in [1.29, 1.82) is 0 Å². The van der Waals surface area contributed by atoms with Gasteiger partial charge in [-0.05, 0) is 86.2 Å². The van der Waals surface area contributed by atoms with Gasteiger partial charge in [0.05, 0.1) is 18.6 Å². The number of nitrogens with zero attached hydrogens (tertiary/aromatic N) is 3. The van der Waals surface area contributed by atoms with Crippen LogP contribution in [0.15, 0.2) is 152 Å². The monoisotopic (exact) mass is 674 g/mol. The van der Waals surface area contributed by atoms with Crippen molar-refractivity contribution in [2.45, 2.75) is 56.6 Å². The van der Waals surface area contributed by atoms with Crippen molar-refractivity contribution in [1.82, 2.24) is 4.98 Å². The van der Waals surface area contributed by atoms with Crippen LogP contribution in [0, 0.1) is 0 Å². The molecule has 0 saturated heterocycles. The zero-order valence-corrected chi connectivity index (χ0v) is 30.3. The van der Waals surface area contributed by atoms with Crippen molar-refractivity contribution in [3.8, 4) is 5.75 Å². The van der Waals surface area contributed by atoms with Crippen LogP contribution in [0.4, 0.5) is 11.4 Å². The summed E-state index contributed by atoms with van der Waals surface area (Å²) in [5.74, 6) is 0.863. The van der Waals surface area contributed by atoms with Crippen LogP contribution in [0.25, 0.3) is 5.57 Å². The quantitative estimate of drug-likeness (QED) is 0.0804. The SMILES string of the molecule is C=CCC1(C)/C(=C/C(=C/C2=[N+](Cc3cccnc3)c3ccccc3C2(C)CCCOC2C=CC=C2)c2ccccc2)N(C)c2ccc(OC)cc21. The summed E-state index contributed by atoms with van der Waals surface area (Å²) in [5.41, 5.74) is 10.5. The van der Waals surface area contributed by atoms with Crippen LogP contribution in [0.2, 0.25) is 0 Å². The molecule has 1 aliphatic carbocycles. The number of para-hydroxylation sites is 1. The normalized spacial score (nSPS) is 21.8. The number of benzene rings is 3. The highest BCUT2D eigenvalue weighted by molar-refractivity contribution is 6.08. The van der Waals surface area contributed by atoms with Crippen molar-refractivity contribution in [2.75, 3.05) is 25.7 Å². The number of likely N-dealkylation sites (N-methyl/N-ethyl adjacent to an activating group) is 1. The van der Waals surface area contributed by atoms with Gasteiger partial charge < -0.3 is 14.4 Å². The Balaban J connectivity index is 1.40. The molecule has 4 aromatic rings. The molecule has 5 nitrogen and oxygen atoms in total. The van der Waals surface area contributed by atoms with Crippen LogP contribution in [-0.4, -0.2) is 42.1 Å². The average molecular weight is 675 g/mol. The van der Waals surface area contributed by atoms with E-state index in [1.54, 1.807) is 7.11 Å². The Labute approximate surface area is 303 Å². The minimum Gasteiger partial charge on any atom is -0.497 e. The second-order valence-corrected chi connectivity index (χ2v) is 14.2. The molecule has 0 spiro atoms. The maximum Gasteiger partial charge on any atom is 0.210 e. The predicted molar refractivity (Wildman–Crippen MR) is 210 cm³/mol. The molecule has 258 valence electrons. The second kappa shape index (κ2) is 14.5. The minimum atomic E-state index is -0.295. The molecular weight excluding hydrogens is 627 g/mol. The lowest BCUT2D eigenvalue weighted by Crippen LogP contribution is -2.32. The smallest absolute Gasteiger partial charge is 0.210 e. The number of hydrogen-bond donors (Lipinski definition) is 0. The standard InChI is InChI=1S/C46H48N3O2/c1-6-25-45(2)40-31-38(50-5)23-24-41(40)48(4)43(45)29-36(35-17-8-7-9-18-35)30-44-46(3,26-15-28-51-37-19-10-11-20-37)39-21-12-13-22-42(39)49(44)33-34-16-14-27-47-32-34/h6-14,16-24,27,29-32,37H,1,15,25-26,28,33H2,2-5H3/q+1. The van der Waals surface area contributed by atoms with Gasteiger partial charge in [0.2, 0.25) is 5.69 Å². The molecule has 0 fully saturated rings. The van der Waals surface area contributed by atoms with Gasteiger partial charge in [0.1, 0.15) is 5.75 Å². The molecule has 5 heteroatoms. The van der Waals surface area contributed by atoms with Gasteiger partial charge in [-0.1, -0.05) is 78.9 Å². The first-order valence-corrected chi connectivity index (χ1v) is 18.0. The molecule has 0 radical (unpaired) electrons. The Morgan fingerprint density at radius 2 is 1.73 bits per heavy atom. The van der Waals surface area contributed by atoms with E-state index in [0.29, 0.717) is 6.61 Å². The predicted octanol–water partition coefficient (Wildman–Crippen LogP) is 9.89. The van der Waals surface area contributed by atoms with E-state index in [-0.39, 0.29) is 16.9 Å². The summed E-state index contributed by atoms with van der Waals surface area (Å²) in [6.45, 7) is 10.4. The van der Waals surface area contributed by atoms with Crippen molar-refractivity contribution in [2.24, 2.45) is 0 Å². The summed E-state index contributed by atoms with van der Waals surface area (Å²) >= 11 is 0. The molecular formula is C46H48N3O2+. The number of anilines is 1. The number of ether oxygens (including phenoxy) is 2. The Hall–Kier alpha value is -5.26. The van der Waals surface area contributed by atoms with Gasteiger partial charge in [0.25, 0.3) is 0 Å². The summed E-state index contributed by atoms with van der Waals surface area (Å²) in [6.07, 6.45) is 21.8. The second-order valence-electron chi connectivity index (χ2n) is 14.2. The molecule has 0 N–H and O–H groups in total. The maximum atomic E-state index is 6.25. The highest BCUT2D eigenvalue weighted by Crippen LogP contribution is 2.51. The first-order chi connectivity index (χ1) is 24.9. The molecule has 7 rings (SSSR count). The summed E-state index contributed by atoms with van der Waals surface area (Å²) < 4.78 is 14.5. The Kier molecular flexibility index (Phi) is 9.75. The van der Waals surface area contributed by atoms with Crippen LogP contribution in [0.1, 0.15) is 55.4 Å². The molecule has 1 aromatic heterocycles. The van der Waals surface area contributed by atoms with E-state index >= 15 is 0 Å². The third kappa shape index (κ3) is 6.55. The van der Waals surface area contributed by atoms with Gasteiger partial charge in [-0.25, -0.2) is 0 Å². The van der Waals surface area contributed by atoms with Crippen molar-refractivity contribution in [3.05, 3.63) is 174 Å². The van der Waals surface area contributed by atoms with Gasteiger partial charge in [0, 0.05) is 66.1 Å². The molecule has 3 aliphatic rings. The molecule has 0 bridgehead atoms. The van der Waals surface area contributed by atoms with Gasteiger partial charge >= 0.3 is 0 Å². The molecule has 0 amide bonds. The van der Waals surface area contributed by atoms with Gasteiger partial charge in [0.15, 0.2) is 12.3 Å². The summed E-state index contributed by atoms with van der Waals surface area (Å²) in [6, 6.07) is 30.3. The summed E-state index contributed by atoms with van der Waals surface area (Å²) in [7, 11) is 3.92. The Morgan fingerprint density at radius 1 is 0.941 bits per heavy atom. The zero-order chi connectivity index (χ0) is 35.4.